The van der Waals surface area contributed by atoms with Gasteiger partial charge in [0.1, 0.15) is 22.8 Å². The van der Waals surface area contributed by atoms with E-state index in [0.717, 1.165) is 6.42 Å². The lowest BCUT2D eigenvalue weighted by Gasteiger charge is -2.56. The Morgan fingerprint density at radius 2 is 1.82 bits per heavy atom. The molecule has 0 unspecified atom stereocenters. The summed E-state index contributed by atoms with van der Waals surface area (Å²) in [5, 5.41) is 45.4. The number of carbonyl (C=O) groups excluding carboxylic acids is 3. The summed E-state index contributed by atoms with van der Waals surface area (Å²) in [6, 6.07) is 0.386. The van der Waals surface area contributed by atoms with E-state index in [1.807, 2.05) is 6.92 Å². The minimum Gasteiger partial charge on any atom is -0.510 e. The molecule has 1 amide bonds. The molecule has 11 heteroatoms. The van der Waals surface area contributed by atoms with Crippen LogP contribution in [0.2, 0.25) is 0 Å². The number of primary amides is 1. The zero-order valence-electron chi connectivity index (χ0n) is 22.6. The number of hydrogen-bond donors (Lipinski definition) is 6. The highest BCUT2D eigenvalue weighted by molar-refractivity contribution is 6.25. The maximum absolute atomic E-state index is 14.0. The van der Waals surface area contributed by atoms with Crippen molar-refractivity contribution in [3.8, 4) is 17.6 Å². The minimum atomic E-state index is -2.95. The Bertz CT molecular complexity index is 1430. The van der Waals surface area contributed by atoms with E-state index in [-0.39, 0.29) is 35.3 Å². The number of allylic oxidation sites excluding steroid dienone is 1. The van der Waals surface area contributed by atoms with Gasteiger partial charge >= 0.3 is 0 Å². The van der Waals surface area contributed by atoms with E-state index < -0.39 is 57.7 Å². The SMILES string of the molecule is CCCC#Cc1cc(N(C)C)c2c(c1O)C(=O)C1=C(O)[C@]3(O)C(=O)C(C(N)=O)=C(O)[C@@H](N(C)C)[C@]3(N)C[C@@H]1C2. The highest BCUT2D eigenvalue weighted by atomic mass is 16.4. The van der Waals surface area contributed by atoms with Crippen LogP contribution in [0, 0.1) is 17.8 Å². The number of likely N-dealkylation sites (N-methyl/N-ethyl adjacent to an activating group) is 1. The Hall–Kier alpha value is -3.85. The number of aliphatic hydroxyl groups is 3. The lowest BCUT2D eigenvalue weighted by molar-refractivity contribution is -0.152. The summed E-state index contributed by atoms with van der Waals surface area (Å²) in [4.78, 5) is 42.9. The first-order chi connectivity index (χ1) is 18.1. The van der Waals surface area contributed by atoms with E-state index in [1.165, 1.54) is 19.0 Å². The lowest BCUT2D eigenvalue weighted by atomic mass is 9.54. The molecule has 0 aromatic heterocycles. The number of rotatable bonds is 4. The second kappa shape index (κ2) is 9.41. The van der Waals surface area contributed by atoms with Gasteiger partial charge in [-0.05, 0) is 50.9 Å². The first-order valence-corrected chi connectivity index (χ1v) is 12.6. The lowest BCUT2D eigenvalue weighted by Crippen LogP contribution is -2.79. The number of unbranched alkanes of at least 4 members (excludes halogenated alkanes) is 1. The van der Waals surface area contributed by atoms with Crippen LogP contribution in [0.4, 0.5) is 5.69 Å². The summed E-state index contributed by atoms with van der Waals surface area (Å²) < 4.78 is 0. The number of Topliss-reactive ketones (excluding diaryl/α,β-unsaturated/α-hetero) is 2. The largest absolute Gasteiger partial charge is 0.510 e. The van der Waals surface area contributed by atoms with Crippen molar-refractivity contribution in [2.24, 2.45) is 17.4 Å². The first kappa shape index (κ1) is 28.2. The Morgan fingerprint density at radius 3 is 2.36 bits per heavy atom. The Morgan fingerprint density at radius 1 is 1.18 bits per heavy atom. The Kier molecular flexibility index (Phi) is 6.80. The molecule has 1 aromatic rings. The fourth-order valence-electron chi connectivity index (χ4n) is 6.29. The van der Waals surface area contributed by atoms with Crippen LogP contribution in [0.3, 0.4) is 0 Å². The molecular weight excluding hydrogens is 504 g/mol. The summed E-state index contributed by atoms with van der Waals surface area (Å²) in [6.45, 7) is 1.96. The highest BCUT2D eigenvalue weighted by Crippen LogP contribution is 2.54. The molecule has 0 radical (unpaired) electrons. The van der Waals surface area contributed by atoms with Gasteiger partial charge in [0.05, 0.1) is 22.7 Å². The third-order valence-electron chi connectivity index (χ3n) is 7.97. The van der Waals surface area contributed by atoms with Crippen LogP contribution in [0.25, 0.3) is 0 Å². The fourth-order valence-corrected chi connectivity index (χ4v) is 6.29. The van der Waals surface area contributed by atoms with Crippen LogP contribution >= 0.6 is 0 Å². The fraction of sp³-hybridized carbons (Fsp3) is 0.464. The molecule has 4 atom stereocenters. The molecule has 4 rings (SSSR count). The van der Waals surface area contributed by atoms with Gasteiger partial charge in [0, 0.05) is 31.8 Å². The van der Waals surface area contributed by atoms with Gasteiger partial charge < -0.3 is 36.8 Å². The summed E-state index contributed by atoms with van der Waals surface area (Å²) in [7, 11) is 6.60. The van der Waals surface area contributed by atoms with Crippen LogP contribution in [0.15, 0.2) is 28.7 Å². The van der Waals surface area contributed by atoms with Crippen molar-refractivity contribution in [1.29, 1.82) is 0 Å². The van der Waals surface area contributed by atoms with Crippen molar-refractivity contribution < 1.29 is 34.8 Å². The molecule has 39 heavy (non-hydrogen) atoms. The highest BCUT2D eigenvalue weighted by Gasteiger charge is 2.70. The predicted octanol–water partition coefficient (Wildman–Crippen LogP) is 0.420. The average Bonchev–Trinajstić information content (AvgIpc) is 2.82. The molecule has 1 aromatic carbocycles. The second-order valence-electron chi connectivity index (χ2n) is 10.9. The summed E-state index contributed by atoms with van der Waals surface area (Å²) >= 11 is 0. The van der Waals surface area contributed by atoms with Gasteiger partial charge in [-0.2, -0.15) is 0 Å². The van der Waals surface area contributed by atoms with Crippen molar-refractivity contribution >= 4 is 23.2 Å². The molecule has 3 aliphatic carbocycles. The number of aromatic hydroxyl groups is 1. The molecule has 3 aliphatic rings. The number of nitrogens with zero attached hydrogens (tertiary/aromatic N) is 2. The number of carbonyl (C=O) groups is 3. The zero-order valence-corrected chi connectivity index (χ0v) is 22.6. The van der Waals surface area contributed by atoms with Gasteiger partial charge in [0.2, 0.25) is 11.4 Å². The molecule has 0 spiro atoms. The van der Waals surface area contributed by atoms with Crippen LogP contribution in [0.1, 0.15) is 47.7 Å². The average molecular weight is 539 g/mol. The second-order valence-corrected chi connectivity index (χ2v) is 10.9. The van der Waals surface area contributed by atoms with Gasteiger partial charge in [-0.25, -0.2) is 0 Å². The number of nitrogens with two attached hydrogens (primary N) is 2. The number of aliphatic hydroxyl groups excluding tert-OH is 2. The van der Waals surface area contributed by atoms with Crippen LogP contribution in [-0.2, 0) is 16.0 Å². The smallest absolute Gasteiger partial charge is 0.255 e. The van der Waals surface area contributed by atoms with Crippen LogP contribution in [0.5, 0.6) is 5.75 Å². The van der Waals surface area contributed by atoms with Gasteiger partial charge in [0.25, 0.3) is 5.91 Å². The van der Waals surface area contributed by atoms with Crippen LogP contribution < -0.4 is 16.4 Å². The topological polar surface area (TPSA) is 191 Å². The van der Waals surface area contributed by atoms with Gasteiger partial charge in [-0.3, -0.25) is 19.3 Å². The summed E-state index contributed by atoms with van der Waals surface area (Å²) in [5.41, 5.74) is 7.18. The monoisotopic (exact) mass is 538 g/mol. The van der Waals surface area contributed by atoms with Crippen molar-refractivity contribution in [2.75, 3.05) is 33.1 Å². The number of phenols is 1. The van der Waals surface area contributed by atoms with E-state index in [4.69, 9.17) is 11.5 Å². The van der Waals surface area contributed by atoms with E-state index in [0.29, 0.717) is 17.7 Å². The maximum Gasteiger partial charge on any atom is 0.255 e. The molecule has 8 N–H and O–H groups in total. The van der Waals surface area contributed by atoms with Crippen molar-refractivity contribution in [3.63, 3.8) is 0 Å². The predicted molar refractivity (Wildman–Crippen MR) is 143 cm³/mol. The molecule has 0 saturated carbocycles. The van der Waals surface area contributed by atoms with E-state index >= 15 is 0 Å². The third kappa shape index (κ3) is 3.74. The number of ketones is 2. The number of hydrogen-bond acceptors (Lipinski definition) is 10. The molecule has 0 saturated heterocycles. The summed E-state index contributed by atoms with van der Waals surface area (Å²) in [5.74, 6) is -0.539. The van der Waals surface area contributed by atoms with E-state index in [1.54, 1.807) is 25.1 Å². The standard InChI is InChI=1S/C28H34N4O7/c1-6-7-8-9-13-11-16(31(2)3)15-10-14-12-27(30)23(32(4)5)22(35)19(26(29)38)25(37)28(27,39)24(36)17(14)21(34)18(15)20(13)33/h11,14,23,33,35-36,39H,6-7,10,12,30H2,1-5H3,(H2,29,38)/t14-,23+,27+,28-/m0/s1. The number of amides is 1. The third-order valence-corrected chi connectivity index (χ3v) is 7.97. The van der Waals surface area contributed by atoms with Crippen molar-refractivity contribution in [3.05, 3.63) is 45.4 Å². The molecule has 0 heterocycles. The van der Waals surface area contributed by atoms with Crippen molar-refractivity contribution in [2.45, 2.75) is 49.8 Å². The van der Waals surface area contributed by atoms with E-state index in [2.05, 4.69) is 11.8 Å². The van der Waals surface area contributed by atoms with E-state index in [9.17, 15) is 34.8 Å². The maximum atomic E-state index is 14.0. The van der Waals surface area contributed by atoms with Gasteiger partial charge in [-0.15, -0.1) is 0 Å². The number of benzene rings is 1. The molecule has 0 fully saturated rings. The summed E-state index contributed by atoms with van der Waals surface area (Å²) in [6.07, 6.45) is 1.30. The normalized spacial score (nSPS) is 28.0. The number of anilines is 1. The molecular formula is C28H34N4O7. The van der Waals surface area contributed by atoms with Crippen LogP contribution in [-0.4, -0.2) is 88.2 Å². The van der Waals surface area contributed by atoms with Crippen molar-refractivity contribution in [1.82, 2.24) is 4.90 Å². The van der Waals surface area contributed by atoms with Gasteiger partial charge in [-0.1, -0.05) is 18.8 Å². The molecule has 0 aliphatic heterocycles. The Labute approximate surface area is 226 Å². The molecule has 0 bridgehead atoms. The quantitative estimate of drug-likeness (QED) is 0.231. The number of phenolic OH excluding ortho intramolecular Hbond substituents is 1. The molecule has 11 nitrogen and oxygen atoms in total. The first-order valence-electron chi connectivity index (χ1n) is 12.6. The zero-order chi connectivity index (χ0) is 29.2. The Balaban J connectivity index is 2.02. The van der Waals surface area contributed by atoms with Gasteiger partial charge in [0.15, 0.2) is 5.78 Å². The number of fused-ring (bicyclic) bond motifs is 3. The molecule has 208 valence electrons. The minimum absolute atomic E-state index is 0.0890.